The molecule has 0 spiro atoms. The van der Waals surface area contributed by atoms with Crippen molar-refractivity contribution in [1.82, 2.24) is 9.80 Å². The van der Waals surface area contributed by atoms with Crippen LogP contribution in [0.1, 0.15) is 39.7 Å². The van der Waals surface area contributed by atoms with E-state index in [0.717, 1.165) is 24.8 Å². The smallest absolute Gasteiger partial charge is 0.254 e. The standard InChI is InChI=1S/C26H24Cl2N2O3S/c27-18-4-8-21(9-5-18)33-16-23-22-11-13-34-24(22)10-12-29(23)25(31)15-30(20-6-7-20)26(32)17-2-1-3-19(28)14-17/h1-5,8-9,11,13-14,20,23H,6-7,10,12,15-16H2/t23-/m1/s1. The minimum absolute atomic E-state index is 0.0485. The molecule has 176 valence electrons. The zero-order valence-electron chi connectivity index (χ0n) is 18.5. The molecule has 2 aromatic carbocycles. The van der Waals surface area contributed by atoms with Gasteiger partial charge in [-0.05, 0) is 78.7 Å². The molecule has 1 fully saturated rings. The highest BCUT2D eigenvalue weighted by Crippen LogP contribution is 2.35. The first-order valence-corrected chi connectivity index (χ1v) is 12.9. The summed E-state index contributed by atoms with van der Waals surface area (Å²) in [5.41, 5.74) is 1.63. The van der Waals surface area contributed by atoms with Gasteiger partial charge in [0.15, 0.2) is 0 Å². The number of halogens is 2. The predicted octanol–water partition coefficient (Wildman–Crippen LogP) is 5.86. The van der Waals surface area contributed by atoms with E-state index in [9.17, 15) is 9.59 Å². The minimum atomic E-state index is -0.208. The molecule has 34 heavy (non-hydrogen) atoms. The largest absolute Gasteiger partial charge is 0.491 e. The molecule has 2 aliphatic rings. The van der Waals surface area contributed by atoms with E-state index >= 15 is 0 Å². The molecule has 1 atom stereocenters. The van der Waals surface area contributed by atoms with E-state index in [1.54, 1.807) is 52.6 Å². The number of hydrogen-bond donors (Lipinski definition) is 0. The summed E-state index contributed by atoms with van der Waals surface area (Å²) in [6.07, 6.45) is 2.64. The van der Waals surface area contributed by atoms with Gasteiger partial charge < -0.3 is 14.5 Å². The molecular formula is C26H24Cl2N2O3S. The Bertz CT molecular complexity index is 1190. The average molecular weight is 515 g/mol. The van der Waals surface area contributed by atoms with Crippen molar-refractivity contribution in [2.45, 2.75) is 31.3 Å². The SMILES string of the molecule is O=C(c1cccc(Cl)c1)N(CC(=O)N1CCc2sccc2[C@H]1COc1ccc(Cl)cc1)C1CC1. The van der Waals surface area contributed by atoms with E-state index < -0.39 is 0 Å². The molecule has 3 aromatic rings. The Morgan fingerprint density at radius 2 is 1.85 bits per heavy atom. The summed E-state index contributed by atoms with van der Waals surface area (Å²) < 4.78 is 6.06. The molecule has 0 unspecified atom stereocenters. The first kappa shape index (κ1) is 23.2. The lowest BCUT2D eigenvalue weighted by atomic mass is 10.0. The van der Waals surface area contributed by atoms with Gasteiger partial charge in [0.05, 0.1) is 6.04 Å². The Labute approximate surface area is 212 Å². The van der Waals surface area contributed by atoms with Gasteiger partial charge in [-0.2, -0.15) is 0 Å². The highest BCUT2D eigenvalue weighted by molar-refractivity contribution is 7.10. The quantitative estimate of drug-likeness (QED) is 0.396. The fourth-order valence-electron chi connectivity index (χ4n) is 4.36. The zero-order chi connectivity index (χ0) is 23.7. The summed E-state index contributed by atoms with van der Waals surface area (Å²) in [5.74, 6) is 0.485. The van der Waals surface area contributed by atoms with Gasteiger partial charge in [-0.3, -0.25) is 9.59 Å². The molecule has 0 bridgehead atoms. The molecule has 1 aliphatic heterocycles. The average Bonchev–Trinajstić information content (AvgIpc) is 3.57. The number of fused-ring (bicyclic) bond motifs is 1. The summed E-state index contributed by atoms with van der Waals surface area (Å²) in [6.45, 7) is 0.987. The number of carbonyl (C=O) groups excluding carboxylic acids is 2. The molecular weight excluding hydrogens is 491 g/mol. The summed E-state index contributed by atoms with van der Waals surface area (Å²) in [7, 11) is 0. The highest BCUT2D eigenvalue weighted by atomic mass is 35.5. The van der Waals surface area contributed by atoms with Gasteiger partial charge in [-0.25, -0.2) is 0 Å². The van der Waals surface area contributed by atoms with Crippen LogP contribution in [-0.4, -0.2) is 47.4 Å². The van der Waals surface area contributed by atoms with Gasteiger partial charge in [-0.15, -0.1) is 11.3 Å². The number of amides is 2. The van der Waals surface area contributed by atoms with Gasteiger partial charge in [0.25, 0.3) is 5.91 Å². The van der Waals surface area contributed by atoms with Crippen LogP contribution in [0.4, 0.5) is 0 Å². The number of benzene rings is 2. The lowest BCUT2D eigenvalue weighted by Crippen LogP contribution is -2.48. The molecule has 0 radical (unpaired) electrons. The van der Waals surface area contributed by atoms with Gasteiger partial charge in [-0.1, -0.05) is 29.3 Å². The van der Waals surface area contributed by atoms with Crippen molar-refractivity contribution in [2.24, 2.45) is 0 Å². The Balaban J connectivity index is 1.34. The van der Waals surface area contributed by atoms with Crippen LogP contribution < -0.4 is 4.74 Å². The van der Waals surface area contributed by atoms with Crippen molar-refractivity contribution < 1.29 is 14.3 Å². The number of thiophene rings is 1. The molecule has 2 amide bonds. The molecule has 8 heteroatoms. The van der Waals surface area contributed by atoms with E-state index in [1.165, 1.54) is 4.88 Å². The topological polar surface area (TPSA) is 49.9 Å². The van der Waals surface area contributed by atoms with Crippen molar-refractivity contribution in [3.05, 3.63) is 86.0 Å². The zero-order valence-corrected chi connectivity index (χ0v) is 20.8. The second-order valence-electron chi connectivity index (χ2n) is 8.59. The van der Waals surface area contributed by atoms with E-state index in [2.05, 4.69) is 11.4 Å². The monoisotopic (exact) mass is 514 g/mol. The van der Waals surface area contributed by atoms with Crippen LogP contribution in [0.25, 0.3) is 0 Å². The third-order valence-electron chi connectivity index (χ3n) is 6.26. The Morgan fingerprint density at radius 1 is 1.06 bits per heavy atom. The van der Waals surface area contributed by atoms with Crippen molar-refractivity contribution in [3.8, 4) is 5.75 Å². The number of ether oxygens (including phenoxy) is 1. The van der Waals surface area contributed by atoms with Gasteiger partial charge >= 0.3 is 0 Å². The van der Waals surface area contributed by atoms with E-state index in [0.29, 0.717) is 34.5 Å². The molecule has 1 aliphatic carbocycles. The van der Waals surface area contributed by atoms with Gasteiger partial charge in [0, 0.05) is 33.1 Å². The van der Waals surface area contributed by atoms with E-state index in [4.69, 9.17) is 27.9 Å². The number of rotatable bonds is 7. The van der Waals surface area contributed by atoms with E-state index in [-0.39, 0.29) is 30.4 Å². The van der Waals surface area contributed by atoms with Crippen LogP contribution in [0.5, 0.6) is 5.75 Å². The Morgan fingerprint density at radius 3 is 2.59 bits per heavy atom. The second kappa shape index (κ2) is 9.98. The van der Waals surface area contributed by atoms with Crippen molar-refractivity contribution in [3.63, 3.8) is 0 Å². The third kappa shape index (κ3) is 5.09. The molecule has 0 saturated heterocycles. The van der Waals surface area contributed by atoms with Crippen LogP contribution in [0.3, 0.4) is 0 Å². The Hall–Kier alpha value is -2.54. The first-order chi connectivity index (χ1) is 16.5. The molecule has 5 rings (SSSR count). The van der Waals surface area contributed by atoms with Crippen molar-refractivity contribution >= 4 is 46.4 Å². The van der Waals surface area contributed by atoms with Crippen LogP contribution in [0.15, 0.2) is 60.0 Å². The number of carbonyl (C=O) groups is 2. The lowest BCUT2D eigenvalue weighted by molar-refractivity contribution is -0.135. The molecule has 1 saturated carbocycles. The summed E-state index contributed by atoms with van der Waals surface area (Å²) in [5, 5.41) is 3.22. The van der Waals surface area contributed by atoms with Crippen LogP contribution in [0.2, 0.25) is 10.0 Å². The summed E-state index contributed by atoms with van der Waals surface area (Å²) >= 11 is 13.8. The van der Waals surface area contributed by atoms with Gasteiger partial charge in [0.1, 0.15) is 18.9 Å². The third-order valence-corrected chi connectivity index (χ3v) is 7.75. The van der Waals surface area contributed by atoms with Crippen LogP contribution >= 0.6 is 34.5 Å². The highest BCUT2D eigenvalue weighted by Gasteiger charge is 2.38. The number of nitrogens with zero attached hydrogens (tertiary/aromatic N) is 2. The van der Waals surface area contributed by atoms with E-state index in [1.807, 2.05) is 17.0 Å². The second-order valence-corrected chi connectivity index (χ2v) is 10.5. The van der Waals surface area contributed by atoms with Crippen molar-refractivity contribution in [2.75, 3.05) is 19.7 Å². The predicted molar refractivity (Wildman–Crippen MR) is 135 cm³/mol. The van der Waals surface area contributed by atoms with Gasteiger partial charge in [0.2, 0.25) is 5.91 Å². The molecule has 0 N–H and O–H groups in total. The van der Waals surface area contributed by atoms with Crippen molar-refractivity contribution in [1.29, 1.82) is 0 Å². The molecule has 2 heterocycles. The molecule has 5 nitrogen and oxygen atoms in total. The van der Waals surface area contributed by atoms with Crippen LogP contribution in [-0.2, 0) is 11.2 Å². The fourth-order valence-corrected chi connectivity index (χ4v) is 5.60. The number of hydrogen-bond acceptors (Lipinski definition) is 4. The molecule has 1 aromatic heterocycles. The maximum Gasteiger partial charge on any atom is 0.254 e. The first-order valence-electron chi connectivity index (χ1n) is 11.3. The minimum Gasteiger partial charge on any atom is -0.491 e. The maximum atomic E-state index is 13.6. The normalized spacial score (nSPS) is 17.2. The fraction of sp³-hybridized carbons (Fsp3) is 0.308. The maximum absolute atomic E-state index is 13.6. The Kier molecular flexibility index (Phi) is 6.82. The summed E-state index contributed by atoms with van der Waals surface area (Å²) in [6, 6.07) is 16.1. The lowest BCUT2D eigenvalue weighted by Gasteiger charge is -2.37. The van der Waals surface area contributed by atoms with Crippen LogP contribution in [0, 0.1) is 0 Å². The summed E-state index contributed by atoms with van der Waals surface area (Å²) in [4.78, 5) is 31.7.